The summed E-state index contributed by atoms with van der Waals surface area (Å²) in [5.41, 5.74) is 0. The van der Waals surface area contributed by atoms with Crippen LogP contribution in [-0.4, -0.2) is 42.2 Å². The van der Waals surface area contributed by atoms with Crippen LogP contribution in [0.4, 0.5) is 0 Å². The molecule has 1 aliphatic heterocycles. The van der Waals surface area contributed by atoms with Crippen LogP contribution in [0.15, 0.2) is 16.5 Å². The van der Waals surface area contributed by atoms with Crippen molar-refractivity contribution in [2.24, 2.45) is 0 Å². The highest BCUT2D eigenvalue weighted by Gasteiger charge is 2.10. The van der Waals surface area contributed by atoms with E-state index < -0.39 is 5.97 Å². The van der Waals surface area contributed by atoms with E-state index in [0.29, 0.717) is 12.3 Å². The van der Waals surface area contributed by atoms with Gasteiger partial charge in [0, 0.05) is 13.1 Å². The summed E-state index contributed by atoms with van der Waals surface area (Å²) in [5, 5.41) is 12.0. The van der Waals surface area contributed by atoms with Crippen LogP contribution in [0.5, 0.6) is 0 Å². The number of furan rings is 1. The average Bonchev–Trinajstić information content (AvgIpc) is 2.85. The standard InChI is InChI=1S/C13H20N2O3/c16-13(17)12-5-4-11(18-12)10-14-6-9-15-7-2-1-3-8-15/h4-5,14H,1-3,6-10H2,(H,16,17). The summed E-state index contributed by atoms with van der Waals surface area (Å²) in [7, 11) is 0. The van der Waals surface area contributed by atoms with Gasteiger partial charge in [-0.25, -0.2) is 4.79 Å². The van der Waals surface area contributed by atoms with E-state index in [0.717, 1.165) is 13.1 Å². The number of hydrogen-bond donors (Lipinski definition) is 2. The molecule has 2 N–H and O–H groups in total. The molecule has 0 radical (unpaired) electrons. The number of rotatable bonds is 6. The lowest BCUT2D eigenvalue weighted by atomic mass is 10.1. The third kappa shape index (κ3) is 3.85. The Morgan fingerprint density at radius 2 is 2.11 bits per heavy atom. The van der Waals surface area contributed by atoms with E-state index in [1.807, 2.05) is 0 Å². The topological polar surface area (TPSA) is 65.7 Å². The second kappa shape index (κ2) is 6.56. The third-order valence-corrected chi connectivity index (χ3v) is 3.23. The van der Waals surface area contributed by atoms with Crippen LogP contribution in [0.1, 0.15) is 35.6 Å². The Labute approximate surface area is 107 Å². The molecule has 0 amide bonds. The van der Waals surface area contributed by atoms with Crippen LogP contribution in [0.3, 0.4) is 0 Å². The van der Waals surface area contributed by atoms with E-state index in [4.69, 9.17) is 9.52 Å². The van der Waals surface area contributed by atoms with Gasteiger partial charge in [-0.2, -0.15) is 0 Å². The monoisotopic (exact) mass is 252 g/mol. The molecule has 0 unspecified atom stereocenters. The number of hydrogen-bond acceptors (Lipinski definition) is 4. The van der Waals surface area contributed by atoms with Crippen molar-refractivity contribution in [2.75, 3.05) is 26.2 Å². The summed E-state index contributed by atoms with van der Waals surface area (Å²) in [6.45, 7) is 4.94. The smallest absolute Gasteiger partial charge is 0.371 e. The van der Waals surface area contributed by atoms with Crippen LogP contribution < -0.4 is 5.32 Å². The first kappa shape index (κ1) is 13.1. The minimum atomic E-state index is -1.02. The lowest BCUT2D eigenvalue weighted by Crippen LogP contribution is -2.35. The number of piperidine rings is 1. The Balaban J connectivity index is 1.63. The molecule has 1 aromatic heterocycles. The average molecular weight is 252 g/mol. The second-order valence-corrected chi connectivity index (χ2v) is 4.65. The minimum Gasteiger partial charge on any atom is -0.475 e. The van der Waals surface area contributed by atoms with Crippen molar-refractivity contribution >= 4 is 5.97 Å². The maximum Gasteiger partial charge on any atom is 0.371 e. The van der Waals surface area contributed by atoms with Crippen molar-refractivity contribution in [1.82, 2.24) is 10.2 Å². The van der Waals surface area contributed by atoms with E-state index in [1.165, 1.54) is 38.4 Å². The van der Waals surface area contributed by atoms with Crippen molar-refractivity contribution in [2.45, 2.75) is 25.8 Å². The number of likely N-dealkylation sites (tertiary alicyclic amines) is 1. The van der Waals surface area contributed by atoms with Gasteiger partial charge in [-0.3, -0.25) is 0 Å². The Morgan fingerprint density at radius 1 is 1.33 bits per heavy atom. The molecule has 0 aliphatic carbocycles. The highest BCUT2D eigenvalue weighted by atomic mass is 16.4. The largest absolute Gasteiger partial charge is 0.475 e. The zero-order chi connectivity index (χ0) is 12.8. The summed E-state index contributed by atoms with van der Waals surface area (Å²) < 4.78 is 5.16. The van der Waals surface area contributed by atoms with Gasteiger partial charge in [-0.05, 0) is 38.1 Å². The predicted molar refractivity (Wildman–Crippen MR) is 67.7 cm³/mol. The molecule has 0 saturated carbocycles. The SMILES string of the molecule is O=C(O)c1ccc(CNCCN2CCCCC2)o1. The number of nitrogens with one attached hydrogen (secondary N) is 1. The summed E-state index contributed by atoms with van der Waals surface area (Å²) in [5.74, 6) is -0.344. The molecule has 0 aromatic carbocycles. The molecule has 2 heterocycles. The Hall–Kier alpha value is -1.33. The molecule has 100 valence electrons. The number of aromatic carboxylic acids is 1. The van der Waals surface area contributed by atoms with Gasteiger partial charge in [0.1, 0.15) is 5.76 Å². The van der Waals surface area contributed by atoms with E-state index >= 15 is 0 Å². The molecule has 1 fully saturated rings. The van der Waals surface area contributed by atoms with Gasteiger partial charge < -0.3 is 19.7 Å². The normalized spacial score (nSPS) is 16.9. The number of carbonyl (C=O) groups is 1. The van der Waals surface area contributed by atoms with Crippen LogP contribution in [0.2, 0.25) is 0 Å². The summed E-state index contributed by atoms with van der Waals surface area (Å²) in [4.78, 5) is 13.1. The van der Waals surface area contributed by atoms with Gasteiger partial charge in [0.25, 0.3) is 0 Å². The maximum absolute atomic E-state index is 10.6. The molecular formula is C13H20N2O3. The van der Waals surface area contributed by atoms with Gasteiger partial charge >= 0.3 is 5.97 Å². The van der Waals surface area contributed by atoms with Crippen LogP contribution in [0.25, 0.3) is 0 Å². The molecule has 2 rings (SSSR count). The highest BCUT2D eigenvalue weighted by molar-refractivity contribution is 5.84. The summed E-state index contributed by atoms with van der Waals surface area (Å²) in [6.07, 6.45) is 3.97. The molecule has 0 atom stereocenters. The summed E-state index contributed by atoms with van der Waals surface area (Å²) in [6, 6.07) is 3.20. The van der Waals surface area contributed by atoms with E-state index in [2.05, 4.69) is 10.2 Å². The molecule has 1 aromatic rings. The molecule has 18 heavy (non-hydrogen) atoms. The van der Waals surface area contributed by atoms with Gasteiger partial charge in [0.05, 0.1) is 6.54 Å². The first-order valence-corrected chi connectivity index (χ1v) is 6.51. The van der Waals surface area contributed by atoms with Crippen molar-refractivity contribution in [1.29, 1.82) is 0 Å². The highest BCUT2D eigenvalue weighted by Crippen LogP contribution is 2.08. The van der Waals surface area contributed by atoms with Crippen molar-refractivity contribution in [3.8, 4) is 0 Å². The van der Waals surface area contributed by atoms with Crippen LogP contribution in [-0.2, 0) is 6.54 Å². The molecule has 0 bridgehead atoms. The van der Waals surface area contributed by atoms with Gasteiger partial charge in [0.2, 0.25) is 5.76 Å². The van der Waals surface area contributed by atoms with E-state index in [9.17, 15) is 4.79 Å². The molecule has 5 nitrogen and oxygen atoms in total. The number of carboxylic acids is 1. The molecule has 0 spiro atoms. The van der Waals surface area contributed by atoms with Gasteiger partial charge in [-0.15, -0.1) is 0 Å². The lowest BCUT2D eigenvalue weighted by Gasteiger charge is -2.26. The number of carboxylic acid groups (broad SMARTS) is 1. The van der Waals surface area contributed by atoms with Gasteiger partial charge in [0.15, 0.2) is 0 Å². The predicted octanol–water partition coefficient (Wildman–Crippen LogP) is 1.55. The van der Waals surface area contributed by atoms with Crippen LogP contribution in [0, 0.1) is 0 Å². The Bertz CT molecular complexity index is 383. The fourth-order valence-corrected chi connectivity index (χ4v) is 2.22. The van der Waals surface area contributed by atoms with Gasteiger partial charge in [-0.1, -0.05) is 6.42 Å². The minimum absolute atomic E-state index is 0.00262. The molecular weight excluding hydrogens is 232 g/mol. The lowest BCUT2D eigenvalue weighted by molar-refractivity contribution is 0.0660. The fraction of sp³-hybridized carbons (Fsp3) is 0.615. The van der Waals surface area contributed by atoms with Crippen molar-refractivity contribution in [3.63, 3.8) is 0 Å². The zero-order valence-corrected chi connectivity index (χ0v) is 10.5. The maximum atomic E-state index is 10.6. The van der Waals surface area contributed by atoms with Crippen molar-refractivity contribution < 1.29 is 14.3 Å². The van der Waals surface area contributed by atoms with Crippen molar-refractivity contribution in [3.05, 3.63) is 23.7 Å². The quantitative estimate of drug-likeness (QED) is 0.752. The molecule has 1 aliphatic rings. The molecule has 5 heteroatoms. The van der Waals surface area contributed by atoms with E-state index in [-0.39, 0.29) is 5.76 Å². The Morgan fingerprint density at radius 3 is 2.78 bits per heavy atom. The second-order valence-electron chi connectivity index (χ2n) is 4.65. The Kier molecular flexibility index (Phi) is 4.78. The first-order valence-electron chi connectivity index (χ1n) is 6.51. The van der Waals surface area contributed by atoms with E-state index in [1.54, 1.807) is 6.07 Å². The zero-order valence-electron chi connectivity index (χ0n) is 10.5. The summed E-state index contributed by atoms with van der Waals surface area (Å²) >= 11 is 0. The third-order valence-electron chi connectivity index (χ3n) is 3.23. The van der Waals surface area contributed by atoms with Crippen LogP contribution >= 0.6 is 0 Å². The molecule has 1 saturated heterocycles. The number of nitrogens with zero attached hydrogens (tertiary/aromatic N) is 1. The fourth-order valence-electron chi connectivity index (χ4n) is 2.22. The first-order chi connectivity index (χ1) is 8.75.